The van der Waals surface area contributed by atoms with Crippen LogP contribution in [0.25, 0.3) is 17.1 Å². The molecule has 0 radical (unpaired) electrons. The standard InChI is InChI=1S/C14H9FN2O4S/c15-11-2-4-12(5-3-11)22(19,20)8-7-10-1-6-13-14(9-10)17(18)21-16-13/h1-9H. The van der Waals surface area contributed by atoms with Crippen LogP contribution in [0.1, 0.15) is 5.56 Å². The summed E-state index contributed by atoms with van der Waals surface area (Å²) in [5.74, 6) is -0.513. The number of sulfone groups is 1. The topological polar surface area (TPSA) is 87.1 Å². The predicted octanol–water partition coefficient (Wildman–Crippen LogP) is 2.04. The number of halogens is 1. The molecule has 112 valence electrons. The molecule has 6 nitrogen and oxygen atoms in total. The molecule has 0 bridgehead atoms. The Morgan fingerprint density at radius 2 is 1.91 bits per heavy atom. The number of rotatable bonds is 3. The van der Waals surface area contributed by atoms with Crippen LogP contribution in [0, 0.1) is 11.0 Å². The number of hydrogen-bond donors (Lipinski definition) is 0. The average molecular weight is 320 g/mol. The van der Waals surface area contributed by atoms with Gasteiger partial charge in [-0.25, -0.2) is 12.8 Å². The van der Waals surface area contributed by atoms with Crippen LogP contribution in [-0.2, 0) is 9.84 Å². The molecule has 2 aromatic carbocycles. The minimum Gasteiger partial charge on any atom is -0.359 e. The van der Waals surface area contributed by atoms with Crippen LogP contribution in [0.5, 0.6) is 0 Å². The summed E-state index contributed by atoms with van der Waals surface area (Å²) in [4.78, 5) is 0.219. The zero-order valence-electron chi connectivity index (χ0n) is 11.0. The predicted molar refractivity (Wildman–Crippen MR) is 75.6 cm³/mol. The van der Waals surface area contributed by atoms with Gasteiger partial charge in [0, 0.05) is 16.6 Å². The monoisotopic (exact) mass is 320 g/mol. The fourth-order valence-electron chi connectivity index (χ4n) is 1.86. The van der Waals surface area contributed by atoms with Gasteiger partial charge in [0.25, 0.3) is 0 Å². The molecule has 3 rings (SSSR count). The summed E-state index contributed by atoms with van der Waals surface area (Å²) in [6, 6.07) is 9.11. The first-order chi connectivity index (χ1) is 10.5. The van der Waals surface area contributed by atoms with Gasteiger partial charge in [0.15, 0.2) is 9.84 Å². The van der Waals surface area contributed by atoms with Crippen molar-refractivity contribution in [3.05, 3.63) is 64.5 Å². The highest BCUT2D eigenvalue weighted by Gasteiger charge is 2.11. The van der Waals surface area contributed by atoms with E-state index in [0.717, 1.165) is 17.5 Å². The van der Waals surface area contributed by atoms with Gasteiger partial charge in [-0.1, -0.05) is 6.07 Å². The second-order valence-corrected chi connectivity index (χ2v) is 6.31. The van der Waals surface area contributed by atoms with E-state index in [9.17, 15) is 18.0 Å². The smallest absolute Gasteiger partial charge is 0.248 e. The Bertz CT molecular complexity index is 962. The quantitative estimate of drug-likeness (QED) is 0.544. The highest BCUT2D eigenvalue weighted by atomic mass is 32.2. The first-order valence-corrected chi connectivity index (χ1v) is 7.68. The van der Waals surface area contributed by atoms with Crippen molar-refractivity contribution in [3.63, 3.8) is 0 Å². The van der Waals surface area contributed by atoms with Crippen LogP contribution in [0.15, 0.2) is 57.4 Å². The molecule has 22 heavy (non-hydrogen) atoms. The molecule has 0 spiro atoms. The van der Waals surface area contributed by atoms with Crippen LogP contribution >= 0.6 is 0 Å². The lowest BCUT2D eigenvalue weighted by molar-refractivity contribution is -0.782. The Balaban J connectivity index is 1.94. The SMILES string of the molecule is O=S(=O)(C=Cc1ccc2no[n+]([O-])c2c1)c1ccc(F)cc1. The minimum atomic E-state index is -3.70. The molecular weight excluding hydrogens is 311 g/mol. The molecule has 0 unspecified atom stereocenters. The Morgan fingerprint density at radius 1 is 1.18 bits per heavy atom. The zero-order valence-corrected chi connectivity index (χ0v) is 11.8. The molecular formula is C14H9FN2O4S. The summed E-state index contributed by atoms with van der Waals surface area (Å²) >= 11 is 0. The van der Waals surface area contributed by atoms with E-state index in [0.29, 0.717) is 11.1 Å². The van der Waals surface area contributed by atoms with Crippen molar-refractivity contribution in [2.45, 2.75) is 4.90 Å². The van der Waals surface area contributed by atoms with E-state index in [-0.39, 0.29) is 15.3 Å². The number of hydrogen-bond acceptors (Lipinski definition) is 5. The van der Waals surface area contributed by atoms with E-state index >= 15 is 0 Å². The second kappa shape index (κ2) is 5.23. The van der Waals surface area contributed by atoms with Crippen molar-refractivity contribution >= 4 is 26.9 Å². The molecule has 0 amide bonds. The fraction of sp³-hybridized carbons (Fsp3) is 0. The van der Waals surface area contributed by atoms with Gasteiger partial charge < -0.3 is 5.21 Å². The number of aromatic nitrogens is 2. The molecule has 0 aliphatic carbocycles. The molecule has 0 N–H and O–H groups in total. The van der Waals surface area contributed by atoms with Crippen molar-refractivity contribution in [3.8, 4) is 0 Å². The van der Waals surface area contributed by atoms with Crippen LogP contribution < -0.4 is 4.90 Å². The van der Waals surface area contributed by atoms with Crippen LogP contribution in [0.3, 0.4) is 0 Å². The second-order valence-electron chi connectivity index (χ2n) is 4.48. The Hall–Kier alpha value is -2.74. The van der Waals surface area contributed by atoms with Gasteiger partial charge in [0.2, 0.25) is 11.0 Å². The van der Waals surface area contributed by atoms with E-state index < -0.39 is 15.7 Å². The fourth-order valence-corrected chi connectivity index (χ4v) is 2.87. The Morgan fingerprint density at radius 3 is 2.64 bits per heavy atom. The molecule has 0 saturated carbocycles. The maximum atomic E-state index is 12.8. The lowest BCUT2D eigenvalue weighted by atomic mass is 10.2. The van der Waals surface area contributed by atoms with Crippen molar-refractivity contribution < 1.29 is 22.3 Å². The molecule has 8 heteroatoms. The molecule has 1 heterocycles. The van der Waals surface area contributed by atoms with Gasteiger partial charge in [-0.2, -0.15) is 0 Å². The van der Waals surface area contributed by atoms with E-state index in [2.05, 4.69) is 9.79 Å². The molecule has 0 aliphatic heterocycles. The van der Waals surface area contributed by atoms with Crippen molar-refractivity contribution in [2.75, 3.05) is 0 Å². The Kier molecular flexibility index (Phi) is 3.38. The summed E-state index contributed by atoms with van der Waals surface area (Å²) in [6.07, 6.45) is 1.34. The first kappa shape index (κ1) is 14.2. The summed E-state index contributed by atoms with van der Waals surface area (Å²) < 4.78 is 41.4. The molecule has 0 aliphatic rings. The third kappa shape index (κ3) is 2.68. The zero-order chi connectivity index (χ0) is 15.7. The summed E-state index contributed by atoms with van der Waals surface area (Å²) in [5, 5.41) is 15.8. The lowest BCUT2D eigenvalue weighted by Gasteiger charge is -1.98. The first-order valence-electron chi connectivity index (χ1n) is 6.14. The third-order valence-electron chi connectivity index (χ3n) is 2.99. The van der Waals surface area contributed by atoms with Gasteiger partial charge in [0.05, 0.1) is 4.90 Å². The molecule has 3 aromatic rings. The molecule has 0 fully saturated rings. The highest BCUT2D eigenvalue weighted by Crippen LogP contribution is 2.16. The average Bonchev–Trinajstić information content (AvgIpc) is 2.87. The minimum absolute atomic E-state index is 0.0184. The van der Waals surface area contributed by atoms with E-state index in [1.165, 1.54) is 30.3 Å². The van der Waals surface area contributed by atoms with E-state index in [4.69, 9.17) is 0 Å². The number of fused-ring (bicyclic) bond motifs is 1. The van der Waals surface area contributed by atoms with Crippen molar-refractivity contribution in [1.82, 2.24) is 5.16 Å². The summed E-state index contributed by atoms with van der Waals surface area (Å²) in [7, 11) is -3.70. The maximum Gasteiger partial charge on any atom is 0.248 e. The van der Waals surface area contributed by atoms with Gasteiger partial charge in [-0.05, 0) is 46.9 Å². The molecule has 0 saturated heterocycles. The van der Waals surface area contributed by atoms with Crippen molar-refractivity contribution in [1.29, 1.82) is 0 Å². The van der Waals surface area contributed by atoms with Gasteiger partial charge in [-0.3, -0.25) is 4.63 Å². The third-order valence-corrected chi connectivity index (χ3v) is 4.41. The molecule has 0 atom stereocenters. The maximum absolute atomic E-state index is 12.8. The van der Waals surface area contributed by atoms with E-state index in [1.807, 2.05) is 0 Å². The summed E-state index contributed by atoms with van der Waals surface area (Å²) in [5.41, 5.74) is 1.06. The number of benzene rings is 2. The van der Waals surface area contributed by atoms with Gasteiger partial charge in [0.1, 0.15) is 5.82 Å². The lowest BCUT2D eigenvalue weighted by Crippen LogP contribution is -2.22. The van der Waals surface area contributed by atoms with Gasteiger partial charge >= 0.3 is 0 Å². The van der Waals surface area contributed by atoms with Crippen LogP contribution in [0.4, 0.5) is 4.39 Å². The van der Waals surface area contributed by atoms with Crippen molar-refractivity contribution in [2.24, 2.45) is 0 Å². The van der Waals surface area contributed by atoms with E-state index in [1.54, 1.807) is 6.07 Å². The van der Waals surface area contributed by atoms with Gasteiger partial charge in [-0.15, -0.1) is 0 Å². The largest absolute Gasteiger partial charge is 0.359 e. The van der Waals surface area contributed by atoms with Crippen LogP contribution in [0.2, 0.25) is 0 Å². The number of nitrogens with zero attached hydrogens (tertiary/aromatic N) is 2. The molecule has 1 aromatic heterocycles. The van der Waals surface area contributed by atoms with Crippen LogP contribution in [-0.4, -0.2) is 13.6 Å². The highest BCUT2D eigenvalue weighted by molar-refractivity contribution is 7.94. The normalized spacial score (nSPS) is 12.2. The summed E-state index contributed by atoms with van der Waals surface area (Å²) in [6.45, 7) is 0. The Labute approximate surface area is 124 Å².